The molecule has 0 radical (unpaired) electrons. The number of carbonyl (C=O) groups excluding carboxylic acids is 3. The topological polar surface area (TPSA) is 115 Å². The Kier molecular flexibility index (Phi) is 9.03. The van der Waals surface area contributed by atoms with Gasteiger partial charge in [-0.25, -0.2) is 10.2 Å². The minimum Gasteiger partial charge on any atom is -0.493 e. The SMILES string of the molecule is CCc1ccccc1NC(=O)CC(=O)NN=Cc1ccc(OCC(=O)OC)c(OC)c1. The van der Waals surface area contributed by atoms with E-state index in [9.17, 15) is 14.4 Å². The number of hydrogen-bond acceptors (Lipinski definition) is 7. The van der Waals surface area contributed by atoms with Gasteiger partial charge in [-0.05, 0) is 41.8 Å². The van der Waals surface area contributed by atoms with E-state index >= 15 is 0 Å². The third-order valence-electron chi connectivity index (χ3n) is 4.16. The molecule has 0 atom stereocenters. The molecule has 0 saturated carbocycles. The second-order valence-electron chi connectivity index (χ2n) is 6.30. The number of nitrogens with zero attached hydrogens (tertiary/aromatic N) is 1. The quantitative estimate of drug-likeness (QED) is 0.260. The highest BCUT2D eigenvalue weighted by Crippen LogP contribution is 2.27. The zero-order valence-electron chi connectivity index (χ0n) is 17.6. The summed E-state index contributed by atoms with van der Waals surface area (Å²) in [5, 5.41) is 6.58. The molecule has 0 aliphatic heterocycles. The average Bonchev–Trinajstić information content (AvgIpc) is 2.77. The first-order chi connectivity index (χ1) is 15.0. The van der Waals surface area contributed by atoms with Crippen LogP contribution in [0.15, 0.2) is 47.6 Å². The van der Waals surface area contributed by atoms with Crippen molar-refractivity contribution in [3.05, 3.63) is 53.6 Å². The van der Waals surface area contributed by atoms with Crippen LogP contribution in [0, 0.1) is 0 Å². The summed E-state index contributed by atoms with van der Waals surface area (Å²) in [5.74, 6) is -0.751. The fraction of sp³-hybridized carbons (Fsp3) is 0.273. The molecule has 0 spiro atoms. The number of benzene rings is 2. The van der Waals surface area contributed by atoms with E-state index in [1.807, 2.05) is 25.1 Å². The summed E-state index contributed by atoms with van der Waals surface area (Å²) < 4.78 is 15.1. The second kappa shape index (κ2) is 12.0. The fourth-order valence-corrected chi connectivity index (χ4v) is 2.59. The molecular formula is C22H25N3O6. The predicted molar refractivity (Wildman–Crippen MR) is 115 cm³/mol. The van der Waals surface area contributed by atoms with Crippen LogP contribution < -0.4 is 20.2 Å². The highest BCUT2D eigenvalue weighted by molar-refractivity contribution is 6.04. The van der Waals surface area contributed by atoms with Crippen LogP contribution in [0.3, 0.4) is 0 Å². The van der Waals surface area contributed by atoms with Crippen molar-refractivity contribution in [2.75, 3.05) is 26.1 Å². The number of ether oxygens (including phenoxy) is 3. The molecule has 0 aromatic heterocycles. The molecule has 2 aromatic carbocycles. The van der Waals surface area contributed by atoms with E-state index in [0.717, 1.165) is 12.0 Å². The van der Waals surface area contributed by atoms with Gasteiger partial charge in [-0.3, -0.25) is 9.59 Å². The lowest BCUT2D eigenvalue weighted by Gasteiger charge is -2.10. The number of rotatable bonds is 10. The molecule has 164 valence electrons. The molecule has 9 heteroatoms. The van der Waals surface area contributed by atoms with Crippen molar-refractivity contribution in [2.24, 2.45) is 5.10 Å². The number of anilines is 1. The molecule has 2 rings (SSSR count). The Morgan fingerprint density at radius 3 is 2.52 bits per heavy atom. The van der Waals surface area contributed by atoms with E-state index in [-0.39, 0.29) is 13.0 Å². The monoisotopic (exact) mass is 427 g/mol. The maximum atomic E-state index is 12.1. The first-order valence-corrected chi connectivity index (χ1v) is 9.54. The summed E-state index contributed by atoms with van der Waals surface area (Å²) >= 11 is 0. The Morgan fingerprint density at radius 1 is 1.03 bits per heavy atom. The van der Waals surface area contributed by atoms with Crippen molar-refractivity contribution in [3.8, 4) is 11.5 Å². The van der Waals surface area contributed by atoms with Gasteiger partial charge >= 0.3 is 5.97 Å². The number of esters is 1. The number of aryl methyl sites for hydroxylation is 1. The summed E-state index contributed by atoms with van der Waals surface area (Å²) in [6.45, 7) is 1.74. The van der Waals surface area contributed by atoms with Crippen molar-refractivity contribution >= 4 is 29.7 Å². The summed E-state index contributed by atoms with van der Waals surface area (Å²) in [6.07, 6.45) is 1.80. The molecule has 0 unspecified atom stereocenters. The summed E-state index contributed by atoms with van der Waals surface area (Å²) in [6, 6.07) is 12.3. The van der Waals surface area contributed by atoms with Gasteiger partial charge in [-0.2, -0.15) is 5.10 Å². The third-order valence-corrected chi connectivity index (χ3v) is 4.16. The Hall–Kier alpha value is -3.88. The van der Waals surface area contributed by atoms with Crippen LogP contribution in [0.2, 0.25) is 0 Å². The minimum atomic E-state index is -0.548. The predicted octanol–water partition coefficient (Wildman–Crippen LogP) is 2.29. The molecule has 2 N–H and O–H groups in total. The van der Waals surface area contributed by atoms with Gasteiger partial charge in [0.1, 0.15) is 6.42 Å². The smallest absolute Gasteiger partial charge is 0.343 e. The van der Waals surface area contributed by atoms with Crippen LogP contribution in [0.5, 0.6) is 11.5 Å². The molecule has 0 bridgehead atoms. The standard InChI is InChI=1S/C22H25N3O6/c1-4-16-7-5-6-8-17(16)24-20(26)12-21(27)25-23-13-15-9-10-18(19(11-15)29-2)31-14-22(28)30-3/h5-11,13H,4,12,14H2,1-3H3,(H,24,26)(H,25,27). The van der Waals surface area contributed by atoms with Crippen molar-refractivity contribution in [1.29, 1.82) is 0 Å². The molecular weight excluding hydrogens is 402 g/mol. The van der Waals surface area contributed by atoms with E-state index in [4.69, 9.17) is 9.47 Å². The minimum absolute atomic E-state index is 0.249. The van der Waals surface area contributed by atoms with Crippen LogP contribution in [0.4, 0.5) is 5.69 Å². The fourth-order valence-electron chi connectivity index (χ4n) is 2.59. The highest BCUT2D eigenvalue weighted by Gasteiger charge is 2.11. The maximum Gasteiger partial charge on any atom is 0.343 e. The molecule has 0 fully saturated rings. The number of para-hydroxylation sites is 1. The molecule has 0 saturated heterocycles. The number of carbonyl (C=O) groups is 3. The van der Waals surface area contributed by atoms with E-state index in [1.54, 1.807) is 24.3 Å². The van der Waals surface area contributed by atoms with Gasteiger partial charge in [-0.15, -0.1) is 0 Å². The maximum absolute atomic E-state index is 12.1. The van der Waals surface area contributed by atoms with Gasteiger partial charge in [-0.1, -0.05) is 25.1 Å². The lowest BCUT2D eigenvalue weighted by molar-refractivity contribution is -0.143. The molecule has 31 heavy (non-hydrogen) atoms. The molecule has 9 nitrogen and oxygen atoms in total. The first kappa shape index (κ1) is 23.4. The van der Waals surface area contributed by atoms with E-state index in [2.05, 4.69) is 20.6 Å². The molecule has 0 aliphatic rings. The number of nitrogens with one attached hydrogen (secondary N) is 2. The van der Waals surface area contributed by atoms with Gasteiger partial charge in [0.15, 0.2) is 18.1 Å². The summed E-state index contributed by atoms with van der Waals surface area (Å²) in [4.78, 5) is 35.2. The summed E-state index contributed by atoms with van der Waals surface area (Å²) in [5.41, 5.74) is 4.60. The Morgan fingerprint density at radius 2 is 1.81 bits per heavy atom. The van der Waals surface area contributed by atoms with E-state index in [1.165, 1.54) is 20.4 Å². The van der Waals surface area contributed by atoms with Crippen molar-refractivity contribution in [1.82, 2.24) is 5.43 Å². The Labute approximate surface area is 180 Å². The Balaban J connectivity index is 1.88. The highest BCUT2D eigenvalue weighted by atomic mass is 16.6. The van der Waals surface area contributed by atoms with Gasteiger partial charge in [0.2, 0.25) is 11.8 Å². The van der Waals surface area contributed by atoms with Crippen LogP contribution in [-0.4, -0.2) is 44.8 Å². The van der Waals surface area contributed by atoms with E-state index in [0.29, 0.717) is 22.7 Å². The largest absolute Gasteiger partial charge is 0.493 e. The second-order valence-corrected chi connectivity index (χ2v) is 6.30. The van der Waals surface area contributed by atoms with Gasteiger partial charge < -0.3 is 19.5 Å². The molecule has 2 aromatic rings. The Bertz CT molecular complexity index is 958. The van der Waals surface area contributed by atoms with Gasteiger partial charge in [0, 0.05) is 5.69 Å². The molecule has 0 heterocycles. The zero-order chi connectivity index (χ0) is 22.6. The first-order valence-electron chi connectivity index (χ1n) is 9.54. The van der Waals surface area contributed by atoms with Crippen molar-refractivity contribution in [3.63, 3.8) is 0 Å². The van der Waals surface area contributed by atoms with Crippen LogP contribution >= 0.6 is 0 Å². The summed E-state index contributed by atoms with van der Waals surface area (Å²) in [7, 11) is 2.73. The third kappa shape index (κ3) is 7.46. The van der Waals surface area contributed by atoms with Gasteiger partial charge in [0.25, 0.3) is 0 Å². The van der Waals surface area contributed by atoms with Crippen LogP contribution in [0.25, 0.3) is 0 Å². The lowest BCUT2D eigenvalue weighted by atomic mass is 10.1. The number of hydrazone groups is 1. The number of hydrogen-bond donors (Lipinski definition) is 2. The average molecular weight is 427 g/mol. The zero-order valence-corrected chi connectivity index (χ0v) is 17.6. The lowest BCUT2D eigenvalue weighted by Crippen LogP contribution is -2.25. The van der Waals surface area contributed by atoms with Crippen molar-refractivity contribution in [2.45, 2.75) is 19.8 Å². The molecule has 0 aliphatic carbocycles. The van der Waals surface area contributed by atoms with Crippen molar-refractivity contribution < 1.29 is 28.6 Å². The van der Waals surface area contributed by atoms with Crippen LogP contribution in [0.1, 0.15) is 24.5 Å². The molecule has 2 amide bonds. The van der Waals surface area contributed by atoms with Gasteiger partial charge in [0.05, 0.1) is 20.4 Å². The van der Waals surface area contributed by atoms with E-state index < -0.39 is 17.8 Å². The number of amides is 2. The normalized spacial score (nSPS) is 10.4. The van der Waals surface area contributed by atoms with Crippen LogP contribution in [-0.2, 0) is 25.5 Å². The number of methoxy groups -OCH3 is 2.